The highest BCUT2D eigenvalue weighted by atomic mass is 16.4. The molecule has 5 N–H and O–H groups in total. The van der Waals surface area contributed by atoms with Crippen molar-refractivity contribution in [1.29, 1.82) is 0 Å². The lowest BCUT2D eigenvalue weighted by Gasteiger charge is -2.17. The van der Waals surface area contributed by atoms with Crippen molar-refractivity contribution in [1.82, 2.24) is 0 Å². The van der Waals surface area contributed by atoms with Gasteiger partial charge in [0.25, 0.3) is 0 Å². The Morgan fingerprint density at radius 2 is 1.62 bits per heavy atom. The summed E-state index contributed by atoms with van der Waals surface area (Å²) >= 11 is 0. The van der Waals surface area contributed by atoms with Crippen LogP contribution < -0.4 is 11.2 Å². The molecule has 0 bridgehead atoms. The first-order valence-electron chi connectivity index (χ1n) is 4.77. The first-order valence-corrected chi connectivity index (χ1v) is 4.77. The van der Waals surface area contributed by atoms with Crippen LogP contribution in [0.15, 0.2) is 0 Å². The largest absolute Gasteiger partial charge is 0.489 e. The van der Waals surface area contributed by atoms with Crippen molar-refractivity contribution < 1.29 is 19.9 Å². The number of carboxylic acids is 1. The van der Waals surface area contributed by atoms with Crippen LogP contribution in [0, 0.1) is 20.8 Å². The third kappa shape index (κ3) is 1.77. The van der Waals surface area contributed by atoms with Crippen LogP contribution >= 0.6 is 0 Å². The summed E-state index contributed by atoms with van der Waals surface area (Å²) in [5, 5.41) is 27.5. The number of rotatable bonds is 2. The number of anilines is 1. The van der Waals surface area contributed by atoms with Crippen LogP contribution in [0.5, 0.6) is 0 Å². The van der Waals surface area contributed by atoms with Gasteiger partial charge in [0.1, 0.15) is 0 Å². The van der Waals surface area contributed by atoms with Crippen molar-refractivity contribution >= 4 is 24.2 Å². The first-order chi connectivity index (χ1) is 7.29. The predicted molar refractivity (Wildman–Crippen MR) is 61.9 cm³/mol. The first kappa shape index (κ1) is 12.5. The molecule has 0 spiro atoms. The monoisotopic (exact) mass is 223 g/mol. The van der Waals surface area contributed by atoms with Crippen molar-refractivity contribution in [3.8, 4) is 0 Å². The minimum Gasteiger partial charge on any atom is -0.478 e. The molecule has 0 atom stereocenters. The number of benzene rings is 1. The van der Waals surface area contributed by atoms with Crippen molar-refractivity contribution in [2.45, 2.75) is 20.8 Å². The topological polar surface area (TPSA) is 104 Å². The Balaban J connectivity index is 3.73. The van der Waals surface area contributed by atoms with Gasteiger partial charge in [-0.05, 0) is 42.9 Å². The quantitative estimate of drug-likeness (QED) is 0.402. The smallest absolute Gasteiger partial charge is 0.478 e. The van der Waals surface area contributed by atoms with Crippen molar-refractivity contribution in [3.05, 3.63) is 22.3 Å². The Morgan fingerprint density at radius 1 is 1.12 bits per heavy atom. The number of carboxylic acid groups (broad SMARTS) is 1. The zero-order chi connectivity index (χ0) is 12.6. The van der Waals surface area contributed by atoms with Crippen molar-refractivity contribution in [2.24, 2.45) is 0 Å². The molecule has 1 aromatic carbocycles. The lowest BCUT2D eigenvalue weighted by atomic mass is 9.71. The highest BCUT2D eigenvalue weighted by Gasteiger charge is 2.25. The van der Waals surface area contributed by atoms with Crippen molar-refractivity contribution in [3.63, 3.8) is 0 Å². The summed E-state index contributed by atoms with van der Waals surface area (Å²) in [6.45, 7) is 4.78. The Morgan fingerprint density at radius 3 is 2.00 bits per heavy atom. The summed E-state index contributed by atoms with van der Waals surface area (Å²) < 4.78 is 0. The summed E-state index contributed by atoms with van der Waals surface area (Å²) in [5.41, 5.74) is 7.53. The third-order valence-corrected chi connectivity index (χ3v) is 2.84. The molecule has 0 heterocycles. The summed E-state index contributed by atoms with van der Waals surface area (Å²) in [5.74, 6) is -1.12. The van der Waals surface area contributed by atoms with Gasteiger partial charge in [-0.1, -0.05) is 0 Å². The second kappa shape index (κ2) is 4.15. The van der Waals surface area contributed by atoms with E-state index in [1.807, 2.05) is 0 Å². The molecular formula is C10H14BNO4. The van der Waals surface area contributed by atoms with Crippen LogP contribution in [0.2, 0.25) is 0 Å². The molecule has 0 aliphatic heterocycles. The molecule has 0 aromatic heterocycles. The third-order valence-electron chi connectivity index (χ3n) is 2.84. The molecule has 5 nitrogen and oxygen atoms in total. The molecule has 0 radical (unpaired) electrons. The minimum atomic E-state index is -1.72. The van der Waals surface area contributed by atoms with Gasteiger partial charge >= 0.3 is 13.1 Å². The average molecular weight is 223 g/mol. The number of hydrogen-bond acceptors (Lipinski definition) is 4. The number of carbonyl (C=O) groups is 1. The van der Waals surface area contributed by atoms with E-state index in [0.29, 0.717) is 16.7 Å². The van der Waals surface area contributed by atoms with Crippen LogP contribution in [-0.2, 0) is 0 Å². The summed E-state index contributed by atoms with van der Waals surface area (Å²) in [7, 11) is -1.72. The number of nitrogen functional groups attached to an aromatic ring is 1. The number of aromatic carboxylic acids is 1. The normalized spacial score (nSPS) is 10.3. The van der Waals surface area contributed by atoms with Gasteiger partial charge in [0.05, 0.1) is 5.56 Å². The van der Waals surface area contributed by atoms with E-state index in [1.54, 1.807) is 13.8 Å². The highest BCUT2D eigenvalue weighted by Crippen LogP contribution is 2.22. The highest BCUT2D eigenvalue weighted by molar-refractivity contribution is 6.60. The van der Waals surface area contributed by atoms with E-state index in [1.165, 1.54) is 6.92 Å². The van der Waals surface area contributed by atoms with Gasteiger partial charge in [-0.25, -0.2) is 4.79 Å². The minimum absolute atomic E-state index is 0.0335. The van der Waals surface area contributed by atoms with E-state index in [9.17, 15) is 14.8 Å². The van der Waals surface area contributed by atoms with Gasteiger partial charge in [0.2, 0.25) is 0 Å². The lowest BCUT2D eigenvalue weighted by molar-refractivity contribution is 0.0695. The van der Waals surface area contributed by atoms with Gasteiger partial charge < -0.3 is 20.9 Å². The molecule has 0 fully saturated rings. The average Bonchev–Trinajstić information content (AvgIpc) is 2.13. The Labute approximate surface area is 93.7 Å². The molecular weight excluding hydrogens is 209 g/mol. The van der Waals surface area contributed by atoms with E-state index in [0.717, 1.165) is 0 Å². The molecule has 0 aliphatic rings. The number of hydrogen-bond donors (Lipinski definition) is 4. The van der Waals surface area contributed by atoms with E-state index in [2.05, 4.69) is 0 Å². The maximum absolute atomic E-state index is 11.1. The van der Waals surface area contributed by atoms with Crippen LogP contribution in [0.3, 0.4) is 0 Å². The fourth-order valence-corrected chi connectivity index (χ4v) is 1.97. The predicted octanol–water partition coefficient (Wildman–Crippen LogP) is -0.428. The maximum atomic E-state index is 11.1. The van der Waals surface area contributed by atoms with Crippen molar-refractivity contribution in [2.75, 3.05) is 5.73 Å². The summed E-state index contributed by atoms with van der Waals surface area (Å²) in [6.07, 6.45) is 0. The van der Waals surface area contributed by atoms with Gasteiger partial charge in [-0.3, -0.25) is 0 Å². The Hall–Kier alpha value is -1.53. The molecule has 0 saturated carbocycles. The molecule has 0 saturated heterocycles. The maximum Gasteiger partial charge on any atom is 0.489 e. The molecule has 0 unspecified atom stereocenters. The van der Waals surface area contributed by atoms with E-state index in [4.69, 9.17) is 10.8 Å². The van der Waals surface area contributed by atoms with Crippen LogP contribution in [0.4, 0.5) is 5.69 Å². The van der Waals surface area contributed by atoms with E-state index < -0.39 is 13.1 Å². The SMILES string of the molecule is Cc1c(N)c(C)c(C(=O)O)c(C)c1B(O)O. The van der Waals surface area contributed by atoms with Gasteiger partial charge in [-0.2, -0.15) is 0 Å². The number of nitrogens with two attached hydrogens (primary N) is 1. The van der Waals surface area contributed by atoms with Gasteiger partial charge in [0.15, 0.2) is 0 Å². The molecule has 1 aromatic rings. The van der Waals surface area contributed by atoms with Gasteiger partial charge in [0, 0.05) is 5.69 Å². The van der Waals surface area contributed by atoms with E-state index in [-0.39, 0.29) is 16.7 Å². The summed E-state index contributed by atoms with van der Waals surface area (Å²) in [6, 6.07) is 0. The fraction of sp³-hybridized carbons (Fsp3) is 0.300. The molecule has 86 valence electrons. The standard InChI is InChI=1S/C10H14BNO4/c1-4-7(10(13)14)5(2)9(12)6(3)8(4)11(15)16/h15-16H,12H2,1-3H3,(H,13,14). The van der Waals surface area contributed by atoms with Crippen LogP contribution in [-0.4, -0.2) is 28.2 Å². The molecule has 0 amide bonds. The van der Waals surface area contributed by atoms with Crippen LogP contribution in [0.25, 0.3) is 0 Å². The van der Waals surface area contributed by atoms with Gasteiger partial charge in [-0.15, -0.1) is 0 Å². The molecule has 6 heteroatoms. The Bertz CT molecular complexity index is 457. The second-order valence-corrected chi connectivity index (χ2v) is 3.76. The second-order valence-electron chi connectivity index (χ2n) is 3.76. The summed E-state index contributed by atoms with van der Waals surface area (Å²) in [4.78, 5) is 11.1. The fourth-order valence-electron chi connectivity index (χ4n) is 1.97. The molecule has 0 aliphatic carbocycles. The van der Waals surface area contributed by atoms with E-state index >= 15 is 0 Å². The lowest BCUT2D eigenvalue weighted by Crippen LogP contribution is -2.37. The molecule has 16 heavy (non-hydrogen) atoms. The zero-order valence-electron chi connectivity index (χ0n) is 9.40. The molecule has 1 rings (SSSR count). The zero-order valence-corrected chi connectivity index (χ0v) is 9.40. The van der Waals surface area contributed by atoms with Crippen LogP contribution in [0.1, 0.15) is 27.0 Å². The Kier molecular flexibility index (Phi) is 3.25.